The Kier molecular flexibility index (Phi) is 3.60. The van der Waals surface area contributed by atoms with E-state index in [0.717, 1.165) is 0 Å². The van der Waals surface area contributed by atoms with Crippen LogP contribution in [0.4, 0.5) is 8.78 Å². The molecule has 0 bridgehead atoms. The summed E-state index contributed by atoms with van der Waals surface area (Å²) in [6.07, 6.45) is 0. The standard InChI is InChI=1S/C15H12F2O2/c1-15(16,17)14(18)12-9-5-6-10-13(12)19-11-7-3-2-4-8-11/h2-10H,1H3. The van der Waals surface area contributed by atoms with Gasteiger partial charge in [-0.15, -0.1) is 0 Å². The molecule has 0 atom stereocenters. The topological polar surface area (TPSA) is 26.3 Å². The lowest BCUT2D eigenvalue weighted by atomic mass is 10.1. The highest BCUT2D eigenvalue weighted by Gasteiger charge is 2.35. The van der Waals surface area contributed by atoms with Gasteiger partial charge < -0.3 is 4.74 Å². The fraction of sp³-hybridized carbons (Fsp3) is 0.133. The number of ketones is 1. The number of rotatable bonds is 4. The van der Waals surface area contributed by atoms with E-state index in [0.29, 0.717) is 12.7 Å². The van der Waals surface area contributed by atoms with Crippen molar-refractivity contribution in [2.24, 2.45) is 0 Å². The largest absolute Gasteiger partial charge is 0.457 e. The zero-order valence-corrected chi connectivity index (χ0v) is 10.3. The monoisotopic (exact) mass is 262 g/mol. The van der Waals surface area contributed by atoms with Crippen molar-refractivity contribution in [3.8, 4) is 11.5 Å². The molecular formula is C15H12F2O2. The summed E-state index contributed by atoms with van der Waals surface area (Å²) in [4.78, 5) is 11.6. The van der Waals surface area contributed by atoms with Gasteiger partial charge in [0.05, 0.1) is 5.56 Å². The van der Waals surface area contributed by atoms with Gasteiger partial charge in [0.15, 0.2) is 0 Å². The molecule has 98 valence electrons. The number of hydrogen-bond acceptors (Lipinski definition) is 2. The number of benzene rings is 2. The summed E-state index contributed by atoms with van der Waals surface area (Å²) in [5.41, 5.74) is -0.126. The Morgan fingerprint density at radius 3 is 2.21 bits per heavy atom. The summed E-state index contributed by atoms with van der Waals surface area (Å²) in [7, 11) is 0. The van der Waals surface area contributed by atoms with E-state index in [9.17, 15) is 13.6 Å². The van der Waals surface area contributed by atoms with E-state index < -0.39 is 11.7 Å². The van der Waals surface area contributed by atoms with Crippen LogP contribution in [-0.4, -0.2) is 11.7 Å². The lowest BCUT2D eigenvalue weighted by Gasteiger charge is -2.13. The van der Waals surface area contributed by atoms with Crippen molar-refractivity contribution in [3.63, 3.8) is 0 Å². The molecule has 2 nitrogen and oxygen atoms in total. The molecule has 2 aromatic carbocycles. The normalized spacial score (nSPS) is 11.1. The van der Waals surface area contributed by atoms with Gasteiger partial charge in [0.25, 0.3) is 0 Å². The molecule has 0 saturated carbocycles. The Morgan fingerprint density at radius 1 is 1.00 bits per heavy atom. The summed E-state index contributed by atoms with van der Waals surface area (Å²) in [6.45, 7) is 0.578. The van der Waals surface area contributed by atoms with Gasteiger partial charge in [-0.05, 0) is 24.3 Å². The van der Waals surface area contributed by atoms with Crippen LogP contribution in [0.5, 0.6) is 11.5 Å². The number of hydrogen-bond donors (Lipinski definition) is 0. The molecule has 0 radical (unpaired) electrons. The summed E-state index contributed by atoms with van der Waals surface area (Å²) >= 11 is 0. The summed E-state index contributed by atoms with van der Waals surface area (Å²) in [5, 5.41) is 0. The Labute approximate surface area is 109 Å². The molecule has 2 aromatic rings. The van der Waals surface area contributed by atoms with Crippen LogP contribution < -0.4 is 4.74 Å². The number of carbonyl (C=O) groups excluding carboxylic acids is 1. The molecule has 0 aliphatic heterocycles. The van der Waals surface area contributed by atoms with Gasteiger partial charge in [0, 0.05) is 6.92 Å². The van der Waals surface area contributed by atoms with Gasteiger partial charge >= 0.3 is 5.92 Å². The number of para-hydroxylation sites is 2. The molecule has 0 aromatic heterocycles. The first-order valence-corrected chi connectivity index (χ1v) is 5.73. The molecule has 0 N–H and O–H groups in total. The van der Waals surface area contributed by atoms with Crippen molar-refractivity contribution in [2.75, 3.05) is 0 Å². The zero-order valence-electron chi connectivity index (χ0n) is 10.3. The maximum atomic E-state index is 13.1. The molecule has 0 saturated heterocycles. The third kappa shape index (κ3) is 3.16. The third-order valence-electron chi connectivity index (χ3n) is 2.50. The lowest BCUT2D eigenvalue weighted by Crippen LogP contribution is -2.24. The highest BCUT2D eigenvalue weighted by atomic mass is 19.3. The van der Waals surface area contributed by atoms with Gasteiger partial charge in [-0.2, -0.15) is 8.78 Å². The van der Waals surface area contributed by atoms with Crippen molar-refractivity contribution in [1.29, 1.82) is 0 Å². The van der Waals surface area contributed by atoms with Gasteiger partial charge in [0.1, 0.15) is 11.5 Å². The van der Waals surface area contributed by atoms with Crippen molar-refractivity contribution < 1.29 is 18.3 Å². The van der Waals surface area contributed by atoms with E-state index >= 15 is 0 Å². The second kappa shape index (κ2) is 5.18. The van der Waals surface area contributed by atoms with Gasteiger partial charge in [-0.25, -0.2) is 0 Å². The van der Waals surface area contributed by atoms with Crippen LogP contribution in [0.25, 0.3) is 0 Å². The van der Waals surface area contributed by atoms with E-state index in [1.165, 1.54) is 18.2 Å². The molecule has 0 spiro atoms. The maximum absolute atomic E-state index is 13.1. The third-order valence-corrected chi connectivity index (χ3v) is 2.50. The van der Waals surface area contributed by atoms with Gasteiger partial charge in [0.2, 0.25) is 5.78 Å². The molecule has 4 heteroatoms. The zero-order chi connectivity index (χ0) is 13.9. The van der Waals surface area contributed by atoms with Gasteiger partial charge in [-0.3, -0.25) is 4.79 Å². The number of Topliss-reactive ketones (excluding diaryl/α,β-unsaturated/α-hetero) is 1. The van der Waals surface area contributed by atoms with Gasteiger partial charge in [-0.1, -0.05) is 30.3 Å². The van der Waals surface area contributed by atoms with Crippen molar-refractivity contribution in [3.05, 3.63) is 60.2 Å². The number of carbonyl (C=O) groups is 1. The van der Waals surface area contributed by atoms with Crippen LogP contribution in [0.1, 0.15) is 17.3 Å². The smallest absolute Gasteiger partial charge is 0.307 e. The molecule has 0 unspecified atom stereocenters. The molecule has 0 fully saturated rings. The lowest BCUT2D eigenvalue weighted by molar-refractivity contribution is 0.0219. The minimum absolute atomic E-state index is 0.125. The van der Waals surface area contributed by atoms with Crippen LogP contribution in [0.2, 0.25) is 0 Å². The predicted molar refractivity (Wildman–Crippen MR) is 67.9 cm³/mol. The number of alkyl halides is 2. The molecule has 0 heterocycles. The van der Waals surface area contributed by atoms with E-state index in [-0.39, 0.29) is 11.3 Å². The second-order valence-electron chi connectivity index (χ2n) is 4.13. The Hall–Kier alpha value is -2.23. The predicted octanol–water partition coefficient (Wildman–Crippen LogP) is 4.32. The quantitative estimate of drug-likeness (QED) is 0.767. The van der Waals surface area contributed by atoms with Crippen LogP contribution in [-0.2, 0) is 0 Å². The van der Waals surface area contributed by atoms with Crippen LogP contribution in [0, 0.1) is 0 Å². The van der Waals surface area contributed by atoms with E-state index in [1.807, 2.05) is 6.07 Å². The molecule has 0 aliphatic rings. The van der Waals surface area contributed by atoms with Crippen molar-refractivity contribution >= 4 is 5.78 Å². The van der Waals surface area contributed by atoms with Crippen molar-refractivity contribution in [1.82, 2.24) is 0 Å². The maximum Gasteiger partial charge on any atom is 0.307 e. The van der Waals surface area contributed by atoms with Crippen LogP contribution >= 0.6 is 0 Å². The first-order valence-electron chi connectivity index (χ1n) is 5.73. The molecule has 2 rings (SSSR count). The summed E-state index contributed by atoms with van der Waals surface area (Å²) < 4.78 is 31.7. The van der Waals surface area contributed by atoms with Crippen LogP contribution in [0.3, 0.4) is 0 Å². The Balaban J connectivity index is 2.35. The number of halogens is 2. The molecule has 0 amide bonds. The molecule has 0 aliphatic carbocycles. The van der Waals surface area contributed by atoms with Crippen molar-refractivity contribution in [2.45, 2.75) is 12.8 Å². The first-order chi connectivity index (χ1) is 8.98. The summed E-state index contributed by atoms with van der Waals surface area (Å²) in [6, 6.07) is 14.7. The average molecular weight is 262 g/mol. The minimum Gasteiger partial charge on any atom is -0.457 e. The Morgan fingerprint density at radius 2 is 1.58 bits per heavy atom. The second-order valence-corrected chi connectivity index (χ2v) is 4.13. The minimum atomic E-state index is -3.42. The highest BCUT2D eigenvalue weighted by Crippen LogP contribution is 2.29. The molecule has 19 heavy (non-hydrogen) atoms. The fourth-order valence-electron chi connectivity index (χ4n) is 1.60. The average Bonchev–Trinajstić information content (AvgIpc) is 2.39. The first kappa shape index (κ1) is 13.2. The van der Waals surface area contributed by atoms with E-state index in [4.69, 9.17) is 4.74 Å². The molecular weight excluding hydrogens is 250 g/mol. The van der Waals surface area contributed by atoms with Crippen LogP contribution in [0.15, 0.2) is 54.6 Å². The number of ether oxygens (including phenoxy) is 1. The Bertz CT molecular complexity index is 574. The fourth-order valence-corrected chi connectivity index (χ4v) is 1.60. The highest BCUT2D eigenvalue weighted by molar-refractivity contribution is 6.03. The van der Waals surface area contributed by atoms with E-state index in [1.54, 1.807) is 30.3 Å². The summed E-state index contributed by atoms with van der Waals surface area (Å²) in [5.74, 6) is -4.06. The SMILES string of the molecule is CC(F)(F)C(=O)c1ccccc1Oc1ccccc1. The van der Waals surface area contributed by atoms with E-state index in [2.05, 4.69) is 0 Å².